The molecule has 0 radical (unpaired) electrons. The second-order valence-electron chi connectivity index (χ2n) is 4.46. The molecular formula is C13H16ClNO3. The first-order valence-corrected chi connectivity index (χ1v) is 6.47. The largest absolute Gasteiger partial charge is 0.385 e. The molecule has 1 heterocycles. The Balaban J connectivity index is 2.42. The Kier molecular flexibility index (Phi) is 4.19. The first-order chi connectivity index (χ1) is 8.65. The number of nitrogens with zero attached hydrogens (tertiary/aromatic N) is 1. The van der Waals surface area contributed by atoms with Gasteiger partial charge < -0.3 is 9.30 Å². The lowest BCUT2D eigenvalue weighted by molar-refractivity contribution is 0.107. The third-order valence-corrected chi connectivity index (χ3v) is 3.50. The van der Waals surface area contributed by atoms with Gasteiger partial charge in [0.05, 0.1) is 5.56 Å². The van der Waals surface area contributed by atoms with Crippen LogP contribution in [0.5, 0.6) is 0 Å². The summed E-state index contributed by atoms with van der Waals surface area (Å²) < 4.78 is 6.68. The quantitative estimate of drug-likeness (QED) is 0.604. The molecule has 98 valence electrons. The maximum absolute atomic E-state index is 12.2. The summed E-state index contributed by atoms with van der Waals surface area (Å²) in [6.07, 6.45) is 3.59. The number of hydrogen-bond donors (Lipinski definition) is 0. The topological polar surface area (TPSA) is 48.3 Å². The highest BCUT2D eigenvalue weighted by atomic mass is 35.5. The van der Waals surface area contributed by atoms with Crippen LogP contribution in [0.3, 0.4) is 0 Å². The standard InChI is InChI=1S/C13H16ClNO3/c1-18-7-3-6-15-11-5-2-4-9(11)8-10(12(14)16)13(15)17/h8H,2-7H2,1H3. The van der Waals surface area contributed by atoms with Crippen LogP contribution in [0.15, 0.2) is 10.9 Å². The van der Waals surface area contributed by atoms with Gasteiger partial charge in [-0.3, -0.25) is 9.59 Å². The molecule has 0 bridgehead atoms. The van der Waals surface area contributed by atoms with E-state index in [4.69, 9.17) is 16.3 Å². The predicted molar refractivity (Wildman–Crippen MR) is 69.4 cm³/mol. The highest BCUT2D eigenvalue weighted by Gasteiger charge is 2.21. The number of aromatic nitrogens is 1. The van der Waals surface area contributed by atoms with Crippen LogP contribution in [0.4, 0.5) is 0 Å². The molecule has 4 nitrogen and oxygen atoms in total. The van der Waals surface area contributed by atoms with Crippen molar-refractivity contribution in [1.82, 2.24) is 4.57 Å². The number of ether oxygens (including phenoxy) is 1. The fourth-order valence-electron chi connectivity index (χ4n) is 2.46. The average Bonchev–Trinajstić information content (AvgIpc) is 2.79. The van der Waals surface area contributed by atoms with E-state index < -0.39 is 5.24 Å². The lowest BCUT2D eigenvalue weighted by Crippen LogP contribution is -2.28. The van der Waals surface area contributed by atoms with Crippen LogP contribution in [0.25, 0.3) is 0 Å². The van der Waals surface area contributed by atoms with Gasteiger partial charge in [-0.15, -0.1) is 0 Å². The molecule has 0 saturated carbocycles. The molecule has 1 aliphatic carbocycles. The van der Waals surface area contributed by atoms with Gasteiger partial charge in [0, 0.05) is 26.0 Å². The van der Waals surface area contributed by atoms with Crippen molar-refractivity contribution in [3.8, 4) is 0 Å². The minimum Gasteiger partial charge on any atom is -0.385 e. The summed E-state index contributed by atoms with van der Waals surface area (Å²) in [5.41, 5.74) is 1.95. The van der Waals surface area contributed by atoms with Crippen molar-refractivity contribution >= 4 is 16.8 Å². The molecule has 0 unspecified atom stereocenters. The lowest BCUT2D eigenvalue weighted by Gasteiger charge is -2.13. The summed E-state index contributed by atoms with van der Waals surface area (Å²) in [4.78, 5) is 23.5. The highest BCUT2D eigenvalue weighted by Crippen LogP contribution is 2.22. The number of carbonyl (C=O) groups is 1. The second-order valence-corrected chi connectivity index (χ2v) is 4.80. The molecular weight excluding hydrogens is 254 g/mol. The Hall–Kier alpha value is -1.13. The van der Waals surface area contributed by atoms with Crippen molar-refractivity contribution in [2.45, 2.75) is 32.2 Å². The molecule has 0 spiro atoms. The normalized spacial score (nSPS) is 13.7. The third-order valence-electron chi connectivity index (χ3n) is 3.29. The number of carbonyl (C=O) groups excluding carboxylic acids is 1. The van der Waals surface area contributed by atoms with E-state index >= 15 is 0 Å². The maximum Gasteiger partial charge on any atom is 0.262 e. The molecule has 18 heavy (non-hydrogen) atoms. The Bertz CT molecular complexity index is 522. The molecule has 0 N–H and O–H groups in total. The van der Waals surface area contributed by atoms with Gasteiger partial charge in [-0.25, -0.2) is 0 Å². The first-order valence-electron chi connectivity index (χ1n) is 6.09. The van der Waals surface area contributed by atoms with Gasteiger partial charge >= 0.3 is 0 Å². The monoisotopic (exact) mass is 269 g/mol. The van der Waals surface area contributed by atoms with Gasteiger partial charge in [0.2, 0.25) is 0 Å². The number of aryl methyl sites for hydroxylation is 1. The van der Waals surface area contributed by atoms with E-state index in [9.17, 15) is 9.59 Å². The Morgan fingerprint density at radius 1 is 1.50 bits per heavy atom. The fraction of sp³-hybridized carbons (Fsp3) is 0.538. The van der Waals surface area contributed by atoms with Gasteiger partial charge in [-0.1, -0.05) is 0 Å². The van der Waals surface area contributed by atoms with Crippen LogP contribution >= 0.6 is 11.6 Å². The lowest BCUT2D eigenvalue weighted by atomic mass is 10.1. The van der Waals surface area contributed by atoms with Crippen molar-refractivity contribution < 1.29 is 9.53 Å². The van der Waals surface area contributed by atoms with Crippen molar-refractivity contribution in [3.05, 3.63) is 33.2 Å². The van der Waals surface area contributed by atoms with E-state index in [1.807, 2.05) is 0 Å². The van der Waals surface area contributed by atoms with Crippen molar-refractivity contribution in [3.63, 3.8) is 0 Å². The van der Waals surface area contributed by atoms with Crippen LogP contribution in [-0.2, 0) is 24.1 Å². The average molecular weight is 270 g/mol. The molecule has 1 aromatic heterocycles. The minimum atomic E-state index is -0.671. The smallest absolute Gasteiger partial charge is 0.262 e. The van der Waals surface area contributed by atoms with Crippen molar-refractivity contribution in [2.75, 3.05) is 13.7 Å². The summed E-state index contributed by atoms with van der Waals surface area (Å²) >= 11 is 5.47. The second kappa shape index (κ2) is 5.67. The molecule has 0 amide bonds. The molecule has 1 aliphatic rings. The van der Waals surface area contributed by atoms with Crippen LogP contribution in [0.2, 0.25) is 0 Å². The van der Waals surface area contributed by atoms with E-state index in [1.54, 1.807) is 17.7 Å². The SMILES string of the molecule is COCCCn1c2c(cc(C(=O)Cl)c1=O)CCC2. The van der Waals surface area contributed by atoms with Crippen LogP contribution in [0.1, 0.15) is 34.5 Å². The summed E-state index contributed by atoms with van der Waals surface area (Å²) in [5.74, 6) is 0. The Morgan fingerprint density at radius 2 is 2.28 bits per heavy atom. The zero-order chi connectivity index (χ0) is 13.1. The van der Waals surface area contributed by atoms with Crippen LogP contribution < -0.4 is 5.56 Å². The van der Waals surface area contributed by atoms with Crippen LogP contribution in [0, 0.1) is 0 Å². The number of fused-ring (bicyclic) bond motifs is 1. The first kappa shape index (κ1) is 13.3. The molecule has 2 rings (SSSR count). The summed E-state index contributed by atoms with van der Waals surface area (Å²) in [7, 11) is 1.63. The minimum absolute atomic E-state index is 0.0923. The summed E-state index contributed by atoms with van der Waals surface area (Å²) in [6, 6.07) is 1.66. The molecule has 0 fully saturated rings. The molecule has 0 atom stereocenters. The summed E-state index contributed by atoms with van der Waals surface area (Å²) in [6.45, 7) is 1.17. The summed E-state index contributed by atoms with van der Waals surface area (Å²) in [5, 5.41) is -0.671. The van der Waals surface area contributed by atoms with E-state index in [0.29, 0.717) is 13.2 Å². The maximum atomic E-state index is 12.2. The van der Waals surface area contributed by atoms with Gasteiger partial charge in [0.15, 0.2) is 0 Å². The molecule has 1 aromatic rings. The number of halogens is 1. The van der Waals surface area contributed by atoms with Crippen molar-refractivity contribution in [2.24, 2.45) is 0 Å². The van der Waals surface area contributed by atoms with E-state index in [2.05, 4.69) is 0 Å². The van der Waals surface area contributed by atoms with Gasteiger partial charge in [-0.2, -0.15) is 0 Å². The van der Waals surface area contributed by atoms with Gasteiger partial charge in [0.25, 0.3) is 10.8 Å². The highest BCUT2D eigenvalue weighted by molar-refractivity contribution is 6.67. The molecule has 5 heteroatoms. The molecule has 0 saturated heterocycles. The Morgan fingerprint density at radius 3 is 2.94 bits per heavy atom. The van der Waals surface area contributed by atoms with E-state index in [-0.39, 0.29) is 11.1 Å². The van der Waals surface area contributed by atoms with Crippen molar-refractivity contribution in [1.29, 1.82) is 0 Å². The zero-order valence-corrected chi connectivity index (χ0v) is 11.1. The fourth-order valence-corrected chi connectivity index (χ4v) is 2.60. The predicted octanol–water partition coefficient (Wildman–Crippen LogP) is 1.75. The number of rotatable bonds is 5. The van der Waals surface area contributed by atoms with Crippen LogP contribution in [-0.4, -0.2) is 23.5 Å². The molecule has 0 aliphatic heterocycles. The Labute approximate surface area is 111 Å². The van der Waals surface area contributed by atoms with Gasteiger partial charge in [0.1, 0.15) is 0 Å². The van der Waals surface area contributed by atoms with Gasteiger partial charge in [-0.05, 0) is 48.9 Å². The number of pyridine rings is 1. The number of hydrogen-bond acceptors (Lipinski definition) is 3. The van der Waals surface area contributed by atoms with E-state index in [0.717, 1.165) is 36.9 Å². The third kappa shape index (κ3) is 2.49. The zero-order valence-electron chi connectivity index (χ0n) is 10.4. The number of methoxy groups -OCH3 is 1. The van der Waals surface area contributed by atoms with E-state index in [1.165, 1.54) is 0 Å². The molecule has 0 aromatic carbocycles.